The van der Waals surface area contributed by atoms with E-state index in [2.05, 4.69) is 50.9 Å². The smallest absolute Gasteiger partial charge is 0.219 e. The zero-order chi connectivity index (χ0) is 30.6. The van der Waals surface area contributed by atoms with Crippen molar-refractivity contribution in [2.45, 2.75) is 13.0 Å². The number of carbonyl (C=O) groups excluding carboxylic acids is 1. The van der Waals surface area contributed by atoms with Crippen LogP contribution in [-0.4, -0.2) is 115 Å². The second kappa shape index (κ2) is 16.3. The fraction of sp³-hybridized carbons (Fsp3) is 0.412. The van der Waals surface area contributed by atoms with Gasteiger partial charge in [-0.15, -0.1) is 11.6 Å². The van der Waals surface area contributed by atoms with Crippen LogP contribution in [0.5, 0.6) is 5.75 Å². The Bertz CT molecular complexity index is 1290. The van der Waals surface area contributed by atoms with Crippen molar-refractivity contribution >= 4 is 29.0 Å². The maximum atomic E-state index is 11.9. The number of nitrogens with zero attached hydrogens (tertiary/aromatic N) is 5. The van der Waals surface area contributed by atoms with E-state index in [4.69, 9.17) is 16.6 Å². The third-order valence-electron chi connectivity index (χ3n) is 8.15. The quantitative estimate of drug-likeness (QED) is 0.169. The number of phenols is 1. The lowest BCUT2D eigenvalue weighted by Gasteiger charge is -2.40. The number of halogens is 1. The molecule has 2 aliphatic heterocycles. The zero-order valence-electron chi connectivity index (χ0n) is 25.5. The summed E-state index contributed by atoms with van der Waals surface area (Å²) in [7, 11) is 1.94. The number of phenolic OH excluding ortho intramolecular Hbond substituents is 1. The molecule has 230 valence electrons. The molecular weight excluding hydrogens is 560 g/mol. The van der Waals surface area contributed by atoms with E-state index in [-0.39, 0.29) is 17.7 Å². The molecular formula is C34H45ClN6O2. The number of nitrogens with one attached hydrogen (secondary N) is 1. The largest absolute Gasteiger partial charge is 0.508 e. The van der Waals surface area contributed by atoms with Crippen molar-refractivity contribution in [1.82, 2.24) is 19.6 Å². The first kappa shape index (κ1) is 32.3. The summed E-state index contributed by atoms with van der Waals surface area (Å²) < 4.78 is 0. The van der Waals surface area contributed by atoms with Gasteiger partial charge in [0.25, 0.3) is 0 Å². The van der Waals surface area contributed by atoms with Crippen molar-refractivity contribution in [1.29, 1.82) is 0 Å². The van der Waals surface area contributed by atoms with Crippen molar-refractivity contribution in [2.75, 3.05) is 83.7 Å². The Morgan fingerprint density at radius 3 is 2.33 bits per heavy atom. The van der Waals surface area contributed by atoms with Crippen molar-refractivity contribution in [3.8, 4) is 5.75 Å². The zero-order valence-corrected chi connectivity index (χ0v) is 26.2. The molecule has 0 bridgehead atoms. The molecule has 0 spiro atoms. The number of amides is 1. The lowest BCUT2D eigenvalue weighted by molar-refractivity contribution is -0.130. The fourth-order valence-electron chi connectivity index (χ4n) is 5.85. The molecule has 2 N–H and O–H groups in total. The second-order valence-electron chi connectivity index (χ2n) is 10.8. The third kappa shape index (κ3) is 8.72. The lowest BCUT2D eigenvalue weighted by Crippen LogP contribution is -2.50. The number of rotatable bonds is 11. The molecule has 1 atom stereocenters. The summed E-state index contributed by atoms with van der Waals surface area (Å²) in [6.07, 6.45) is 7.90. The van der Waals surface area contributed by atoms with Crippen LogP contribution in [0.25, 0.3) is 0 Å². The number of piperazine rings is 2. The van der Waals surface area contributed by atoms with Crippen molar-refractivity contribution in [3.05, 3.63) is 96.1 Å². The minimum atomic E-state index is 0.0385. The van der Waals surface area contributed by atoms with Crippen molar-refractivity contribution < 1.29 is 9.90 Å². The SMILES string of the molecule is C=C/C=C(\C=C/CCl)C(c1ccc(O)cc1)N1CCN(CCN=C(c2ccccc2NC)N2CCN(C(C)=O)CC2)CC1. The molecule has 2 aromatic rings. The summed E-state index contributed by atoms with van der Waals surface area (Å²) in [5.74, 6) is 1.82. The van der Waals surface area contributed by atoms with Crippen LogP contribution in [0.15, 0.2) is 90.0 Å². The van der Waals surface area contributed by atoms with E-state index in [0.717, 1.165) is 74.0 Å². The van der Waals surface area contributed by atoms with Gasteiger partial charge in [-0.25, -0.2) is 0 Å². The molecule has 1 unspecified atom stereocenters. The van der Waals surface area contributed by atoms with Crippen LogP contribution in [-0.2, 0) is 4.79 Å². The lowest BCUT2D eigenvalue weighted by atomic mass is 9.95. The molecule has 0 saturated carbocycles. The molecule has 2 aromatic carbocycles. The number of benzene rings is 2. The molecule has 9 heteroatoms. The number of para-hydroxylation sites is 1. The van der Waals surface area contributed by atoms with E-state index in [0.29, 0.717) is 25.5 Å². The summed E-state index contributed by atoms with van der Waals surface area (Å²) in [4.78, 5) is 26.3. The molecule has 1 amide bonds. The summed E-state index contributed by atoms with van der Waals surface area (Å²) in [6, 6.07) is 15.8. The maximum Gasteiger partial charge on any atom is 0.219 e. The normalized spacial score (nSPS) is 18.2. The molecule has 2 aliphatic rings. The van der Waals surface area contributed by atoms with E-state index in [1.54, 1.807) is 19.1 Å². The number of anilines is 1. The van der Waals surface area contributed by atoms with Crippen molar-refractivity contribution in [2.24, 2.45) is 4.99 Å². The van der Waals surface area contributed by atoms with Gasteiger partial charge in [-0.1, -0.05) is 55.1 Å². The highest BCUT2D eigenvalue weighted by Crippen LogP contribution is 2.32. The topological polar surface area (TPSA) is 74.7 Å². The van der Waals surface area contributed by atoms with Gasteiger partial charge in [0.05, 0.1) is 12.6 Å². The highest BCUT2D eigenvalue weighted by atomic mass is 35.5. The van der Waals surface area contributed by atoms with Gasteiger partial charge in [0.1, 0.15) is 11.6 Å². The van der Waals surface area contributed by atoms with E-state index in [1.165, 1.54) is 0 Å². The molecule has 4 rings (SSSR count). The predicted molar refractivity (Wildman–Crippen MR) is 178 cm³/mol. The Kier molecular flexibility index (Phi) is 12.3. The molecule has 2 fully saturated rings. The molecule has 43 heavy (non-hydrogen) atoms. The summed E-state index contributed by atoms with van der Waals surface area (Å²) in [5.41, 5.74) is 4.39. The number of carbonyl (C=O) groups is 1. The van der Waals surface area contributed by atoms with Crippen LogP contribution in [0.3, 0.4) is 0 Å². The first-order valence-electron chi connectivity index (χ1n) is 15.1. The van der Waals surface area contributed by atoms with E-state index in [1.807, 2.05) is 48.4 Å². The first-order chi connectivity index (χ1) is 20.9. The molecule has 0 aliphatic carbocycles. The Morgan fingerprint density at radius 1 is 1.02 bits per heavy atom. The Morgan fingerprint density at radius 2 is 1.70 bits per heavy atom. The predicted octanol–water partition coefficient (Wildman–Crippen LogP) is 4.61. The Labute approximate surface area is 261 Å². The number of aromatic hydroxyl groups is 1. The number of hydrogen-bond donors (Lipinski definition) is 2. The molecule has 0 radical (unpaired) electrons. The van der Waals surface area contributed by atoms with Crippen LogP contribution in [0.2, 0.25) is 0 Å². The highest BCUT2D eigenvalue weighted by molar-refractivity contribution is 6.18. The van der Waals surface area contributed by atoms with Crippen LogP contribution in [0.1, 0.15) is 24.1 Å². The van der Waals surface area contributed by atoms with E-state index >= 15 is 0 Å². The fourth-order valence-corrected chi connectivity index (χ4v) is 5.94. The average Bonchev–Trinajstić information content (AvgIpc) is 3.03. The number of hydrogen-bond acceptors (Lipinski definition) is 6. The standard InChI is InChI=1S/C34H45ClN6O2/c1-4-8-28(9-7-16-35)33(29-12-14-30(43)15-13-29)40-21-19-38(20-22-40)18-17-37-34(31-10-5-6-11-32(31)36-3)41-25-23-39(24-26-41)27(2)42/h4-15,33,36,43H,1,16-26H2,2-3H3/b9-7-,28-8+,37-34?. The Hall–Kier alpha value is -3.59. The molecule has 2 saturated heterocycles. The number of alkyl halides is 1. The Balaban J connectivity index is 1.45. The van der Waals surface area contributed by atoms with Crippen LogP contribution < -0.4 is 5.32 Å². The van der Waals surface area contributed by atoms with Gasteiger partial charge in [0.2, 0.25) is 5.91 Å². The average molecular weight is 605 g/mol. The molecule has 8 nitrogen and oxygen atoms in total. The first-order valence-corrected chi connectivity index (χ1v) is 15.6. The van der Waals surface area contributed by atoms with Gasteiger partial charge in [-0.2, -0.15) is 0 Å². The monoisotopic (exact) mass is 604 g/mol. The third-order valence-corrected chi connectivity index (χ3v) is 8.32. The van der Waals surface area contributed by atoms with Gasteiger partial charge in [0, 0.05) is 90.0 Å². The maximum absolute atomic E-state index is 11.9. The van der Waals surface area contributed by atoms with Gasteiger partial charge < -0.3 is 20.2 Å². The van der Waals surface area contributed by atoms with Crippen LogP contribution in [0.4, 0.5) is 5.69 Å². The van der Waals surface area contributed by atoms with Crippen molar-refractivity contribution in [3.63, 3.8) is 0 Å². The molecule has 2 heterocycles. The van der Waals surface area contributed by atoms with Crippen LogP contribution in [0, 0.1) is 0 Å². The minimum absolute atomic E-state index is 0.0385. The molecule has 0 aromatic heterocycles. The highest BCUT2D eigenvalue weighted by Gasteiger charge is 2.27. The van der Waals surface area contributed by atoms with Gasteiger partial charge in [0.15, 0.2) is 0 Å². The number of amidine groups is 1. The second-order valence-corrected chi connectivity index (χ2v) is 11.1. The van der Waals surface area contributed by atoms with Gasteiger partial charge in [-0.3, -0.25) is 19.6 Å². The number of aliphatic imine (C=N–C) groups is 1. The number of allylic oxidation sites excluding steroid dienone is 3. The van der Waals surface area contributed by atoms with Crippen LogP contribution >= 0.6 is 11.6 Å². The van der Waals surface area contributed by atoms with Gasteiger partial charge in [-0.05, 0) is 35.4 Å². The summed E-state index contributed by atoms with van der Waals surface area (Å²) in [5, 5.41) is 13.2. The van der Waals surface area contributed by atoms with E-state index < -0.39 is 0 Å². The van der Waals surface area contributed by atoms with Gasteiger partial charge >= 0.3 is 0 Å². The minimum Gasteiger partial charge on any atom is -0.508 e. The summed E-state index contributed by atoms with van der Waals surface area (Å²) in [6.45, 7) is 13.8. The summed E-state index contributed by atoms with van der Waals surface area (Å²) >= 11 is 5.99. The van der Waals surface area contributed by atoms with E-state index in [9.17, 15) is 9.90 Å².